The Hall–Kier alpha value is -1.42. The first kappa shape index (κ1) is 12.6. The highest BCUT2D eigenvalue weighted by Crippen LogP contribution is 2.24. The fourth-order valence-corrected chi connectivity index (χ4v) is 3.23. The minimum absolute atomic E-state index is 0.124. The molecule has 19 heavy (non-hydrogen) atoms. The Labute approximate surface area is 114 Å². The summed E-state index contributed by atoms with van der Waals surface area (Å²) >= 11 is 0. The zero-order chi connectivity index (χ0) is 13.1. The van der Waals surface area contributed by atoms with Gasteiger partial charge >= 0.3 is 0 Å². The maximum absolute atomic E-state index is 12.3. The highest BCUT2D eigenvalue weighted by Gasteiger charge is 2.28. The molecule has 1 aromatic rings. The average Bonchev–Trinajstić information content (AvgIpc) is 3.02. The van der Waals surface area contributed by atoms with Crippen molar-refractivity contribution in [1.29, 1.82) is 0 Å². The molecule has 1 aliphatic carbocycles. The molecule has 1 aliphatic heterocycles. The first-order valence-corrected chi connectivity index (χ1v) is 7.28. The van der Waals surface area contributed by atoms with E-state index >= 15 is 0 Å². The van der Waals surface area contributed by atoms with Crippen molar-refractivity contribution < 1.29 is 4.79 Å². The van der Waals surface area contributed by atoms with Crippen LogP contribution < -0.4 is 0 Å². The normalized spacial score (nSPS) is 21.8. The van der Waals surface area contributed by atoms with Gasteiger partial charge in [-0.15, -0.1) is 0 Å². The van der Waals surface area contributed by atoms with Gasteiger partial charge in [-0.2, -0.15) is 0 Å². The van der Waals surface area contributed by atoms with Crippen molar-refractivity contribution in [3.63, 3.8) is 0 Å². The van der Waals surface area contributed by atoms with Crippen LogP contribution in [0.3, 0.4) is 0 Å². The van der Waals surface area contributed by atoms with Gasteiger partial charge in [0.05, 0.1) is 5.56 Å². The Balaban J connectivity index is 1.56. The molecule has 1 saturated heterocycles. The first-order valence-electron chi connectivity index (χ1n) is 7.28. The summed E-state index contributed by atoms with van der Waals surface area (Å²) in [6.07, 6.45) is 8.80. The molecule has 0 radical (unpaired) electrons. The Bertz CT molecular complexity index is 420. The third-order valence-electron chi connectivity index (χ3n) is 4.35. The van der Waals surface area contributed by atoms with Gasteiger partial charge in [-0.3, -0.25) is 14.7 Å². The molecular weight excluding hydrogens is 238 g/mol. The van der Waals surface area contributed by atoms with Crippen molar-refractivity contribution >= 4 is 5.91 Å². The van der Waals surface area contributed by atoms with Gasteiger partial charge in [-0.1, -0.05) is 12.8 Å². The summed E-state index contributed by atoms with van der Waals surface area (Å²) in [6.45, 7) is 3.75. The van der Waals surface area contributed by atoms with Crippen LogP contribution in [0.2, 0.25) is 0 Å². The van der Waals surface area contributed by atoms with Gasteiger partial charge in [0.25, 0.3) is 5.91 Å². The number of piperazine rings is 1. The Kier molecular flexibility index (Phi) is 3.78. The predicted octanol–water partition coefficient (Wildman–Crippen LogP) is 1.78. The molecule has 0 spiro atoms. The first-order chi connectivity index (χ1) is 9.34. The summed E-state index contributed by atoms with van der Waals surface area (Å²) in [5.41, 5.74) is 0.705. The lowest BCUT2D eigenvalue weighted by atomic mass is 10.1. The van der Waals surface area contributed by atoms with Gasteiger partial charge in [0.1, 0.15) is 0 Å². The van der Waals surface area contributed by atoms with E-state index in [0.29, 0.717) is 5.56 Å². The lowest BCUT2D eigenvalue weighted by Crippen LogP contribution is -2.51. The SMILES string of the molecule is O=C(c1cccnc1)N1CCN(C2CCCC2)CC1. The van der Waals surface area contributed by atoms with Crippen LogP contribution in [-0.4, -0.2) is 52.9 Å². The molecule has 2 fully saturated rings. The van der Waals surface area contributed by atoms with E-state index in [2.05, 4.69) is 9.88 Å². The van der Waals surface area contributed by atoms with Gasteiger partial charge in [0, 0.05) is 44.6 Å². The van der Waals surface area contributed by atoms with E-state index in [-0.39, 0.29) is 5.91 Å². The van der Waals surface area contributed by atoms with Crippen molar-refractivity contribution in [1.82, 2.24) is 14.8 Å². The van der Waals surface area contributed by atoms with Crippen molar-refractivity contribution in [3.05, 3.63) is 30.1 Å². The summed E-state index contributed by atoms with van der Waals surface area (Å²) in [6, 6.07) is 4.44. The minimum Gasteiger partial charge on any atom is -0.336 e. The molecular formula is C15H21N3O. The van der Waals surface area contributed by atoms with Crippen LogP contribution in [-0.2, 0) is 0 Å². The van der Waals surface area contributed by atoms with Crippen molar-refractivity contribution in [2.75, 3.05) is 26.2 Å². The molecule has 3 rings (SSSR count). The van der Waals surface area contributed by atoms with Crippen molar-refractivity contribution in [2.24, 2.45) is 0 Å². The topological polar surface area (TPSA) is 36.4 Å². The molecule has 0 atom stereocenters. The molecule has 0 aromatic carbocycles. The summed E-state index contributed by atoms with van der Waals surface area (Å²) in [7, 11) is 0. The monoisotopic (exact) mass is 259 g/mol. The molecule has 4 heteroatoms. The summed E-state index contributed by atoms with van der Waals surface area (Å²) in [5.74, 6) is 0.124. The number of nitrogens with zero attached hydrogens (tertiary/aromatic N) is 3. The summed E-state index contributed by atoms with van der Waals surface area (Å²) < 4.78 is 0. The molecule has 1 aromatic heterocycles. The number of hydrogen-bond donors (Lipinski definition) is 0. The Morgan fingerprint density at radius 3 is 2.53 bits per heavy atom. The molecule has 2 aliphatic rings. The van der Waals surface area contributed by atoms with E-state index in [1.807, 2.05) is 17.0 Å². The number of hydrogen-bond acceptors (Lipinski definition) is 3. The smallest absolute Gasteiger partial charge is 0.255 e. The van der Waals surface area contributed by atoms with Crippen LogP contribution in [0.5, 0.6) is 0 Å². The van der Waals surface area contributed by atoms with Gasteiger partial charge in [-0.25, -0.2) is 0 Å². The number of carbonyl (C=O) groups excluding carboxylic acids is 1. The van der Waals surface area contributed by atoms with Gasteiger partial charge in [0.2, 0.25) is 0 Å². The second-order valence-corrected chi connectivity index (χ2v) is 5.51. The molecule has 0 unspecified atom stereocenters. The van der Waals surface area contributed by atoms with Crippen LogP contribution in [0.15, 0.2) is 24.5 Å². The summed E-state index contributed by atoms with van der Waals surface area (Å²) in [4.78, 5) is 20.8. The van der Waals surface area contributed by atoms with Gasteiger partial charge in [-0.05, 0) is 25.0 Å². The molecule has 0 bridgehead atoms. The van der Waals surface area contributed by atoms with Crippen LogP contribution in [0.25, 0.3) is 0 Å². The average molecular weight is 259 g/mol. The molecule has 102 valence electrons. The van der Waals surface area contributed by atoms with Gasteiger partial charge in [0.15, 0.2) is 0 Å². The molecule has 1 amide bonds. The van der Waals surface area contributed by atoms with Crippen LogP contribution in [0.4, 0.5) is 0 Å². The largest absolute Gasteiger partial charge is 0.336 e. The van der Waals surface area contributed by atoms with Crippen molar-refractivity contribution in [2.45, 2.75) is 31.7 Å². The predicted molar refractivity (Wildman–Crippen MR) is 74.0 cm³/mol. The third-order valence-corrected chi connectivity index (χ3v) is 4.35. The lowest BCUT2D eigenvalue weighted by Gasteiger charge is -2.38. The highest BCUT2D eigenvalue weighted by molar-refractivity contribution is 5.93. The summed E-state index contributed by atoms with van der Waals surface area (Å²) in [5, 5.41) is 0. The second kappa shape index (κ2) is 5.70. The zero-order valence-electron chi connectivity index (χ0n) is 11.3. The maximum Gasteiger partial charge on any atom is 0.255 e. The fourth-order valence-electron chi connectivity index (χ4n) is 3.23. The van der Waals surface area contributed by atoms with E-state index in [1.54, 1.807) is 12.4 Å². The third kappa shape index (κ3) is 2.78. The second-order valence-electron chi connectivity index (χ2n) is 5.51. The highest BCUT2D eigenvalue weighted by atomic mass is 16.2. The standard InChI is InChI=1S/C15H21N3O/c19-15(13-4-3-7-16-12-13)18-10-8-17(9-11-18)14-5-1-2-6-14/h3-4,7,12,14H,1-2,5-6,8-11H2. The molecule has 4 nitrogen and oxygen atoms in total. The van der Waals surface area contributed by atoms with Crippen LogP contribution in [0.1, 0.15) is 36.0 Å². The van der Waals surface area contributed by atoms with E-state index in [9.17, 15) is 4.79 Å². The minimum atomic E-state index is 0.124. The van der Waals surface area contributed by atoms with E-state index in [0.717, 1.165) is 32.2 Å². The lowest BCUT2D eigenvalue weighted by molar-refractivity contribution is 0.0573. The molecule has 2 heterocycles. The Morgan fingerprint density at radius 2 is 1.89 bits per heavy atom. The number of amides is 1. The van der Waals surface area contributed by atoms with E-state index in [4.69, 9.17) is 0 Å². The molecule has 0 N–H and O–H groups in total. The molecule has 1 saturated carbocycles. The number of rotatable bonds is 2. The van der Waals surface area contributed by atoms with Crippen LogP contribution >= 0.6 is 0 Å². The maximum atomic E-state index is 12.3. The van der Waals surface area contributed by atoms with Gasteiger partial charge < -0.3 is 4.90 Å². The van der Waals surface area contributed by atoms with Crippen molar-refractivity contribution in [3.8, 4) is 0 Å². The zero-order valence-corrected chi connectivity index (χ0v) is 11.3. The Morgan fingerprint density at radius 1 is 1.16 bits per heavy atom. The van der Waals surface area contributed by atoms with Crippen LogP contribution in [0, 0.1) is 0 Å². The number of carbonyl (C=O) groups is 1. The fraction of sp³-hybridized carbons (Fsp3) is 0.600. The number of pyridine rings is 1. The van der Waals surface area contributed by atoms with E-state index in [1.165, 1.54) is 25.7 Å². The van der Waals surface area contributed by atoms with E-state index < -0.39 is 0 Å². The quantitative estimate of drug-likeness (QED) is 0.812. The number of aromatic nitrogens is 1.